The van der Waals surface area contributed by atoms with Crippen LogP contribution in [0.1, 0.15) is 39.5 Å². The van der Waals surface area contributed by atoms with Crippen LogP contribution in [0.2, 0.25) is 0 Å². The van der Waals surface area contributed by atoms with E-state index in [-0.39, 0.29) is 6.10 Å². The van der Waals surface area contributed by atoms with Crippen LogP contribution in [0.4, 0.5) is 0 Å². The SMILES string of the molecule is CC(O)CCCCC(C)S(=O)(=O)O. The molecule has 2 unspecified atom stereocenters. The number of unbranched alkanes of at least 4 members (excludes halogenated alkanes) is 1. The molecule has 0 bridgehead atoms. The van der Waals surface area contributed by atoms with Gasteiger partial charge in [0.05, 0.1) is 11.4 Å². The zero-order chi connectivity index (χ0) is 10.5. The molecule has 5 heteroatoms. The summed E-state index contributed by atoms with van der Waals surface area (Å²) >= 11 is 0. The first kappa shape index (κ1) is 12.9. The van der Waals surface area contributed by atoms with Gasteiger partial charge < -0.3 is 5.11 Å². The lowest BCUT2D eigenvalue weighted by Gasteiger charge is -2.08. The van der Waals surface area contributed by atoms with Gasteiger partial charge in [-0.05, 0) is 26.7 Å². The zero-order valence-corrected chi connectivity index (χ0v) is 8.92. The first-order valence-corrected chi connectivity index (χ1v) is 5.98. The monoisotopic (exact) mass is 210 g/mol. The highest BCUT2D eigenvalue weighted by Gasteiger charge is 2.16. The van der Waals surface area contributed by atoms with Gasteiger partial charge in [-0.1, -0.05) is 12.8 Å². The maximum atomic E-state index is 10.6. The molecule has 0 aliphatic heterocycles. The molecular formula is C8H18O4S. The highest BCUT2D eigenvalue weighted by Crippen LogP contribution is 2.10. The molecule has 0 aliphatic carbocycles. The van der Waals surface area contributed by atoms with E-state index in [0.29, 0.717) is 19.3 Å². The van der Waals surface area contributed by atoms with Crippen molar-refractivity contribution < 1.29 is 18.1 Å². The summed E-state index contributed by atoms with van der Waals surface area (Å²) in [5.41, 5.74) is 0. The molecule has 0 saturated heterocycles. The van der Waals surface area contributed by atoms with Gasteiger partial charge in [0, 0.05) is 0 Å². The van der Waals surface area contributed by atoms with Gasteiger partial charge in [0.1, 0.15) is 0 Å². The van der Waals surface area contributed by atoms with E-state index in [1.807, 2.05) is 0 Å². The summed E-state index contributed by atoms with van der Waals surface area (Å²) in [6, 6.07) is 0. The molecule has 4 nitrogen and oxygen atoms in total. The highest BCUT2D eigenvalue weighted by atomic mass is 32.2. The summed E-state index contributed by atoms with van der Waals surface area (Å²) in [5, 5.41) is 8.22. The Morgan fingerprint density at radius 1 is 1.15 bits per heavy atom. The Bertz CT molecular complexity index is 220. The molecule has 0 radical (unpaired) electrons. The molecule has 0 saturated carbocycles. The molecule has 0 fully saturated rings. The lowest BCUT2D eigenvalue weighted by molar-refractivity contribution is 0.180. The quantitative estimate of drug-likeness (QED) is 0.510. The van der Waals surface area contributed by atoms with Crippen LogP contribution < -0.4 is 0 Å². The van der Waals surface area contributed by atoms with Crippen molar-refractivity contribution in [3.63, 3.8) is 0 Å². The van der Waals surface area contributed by atoms with Crippen LogP contribution in [0.25, 0.3) is 0 Å². The lowest BCUT2D eigenvalue weighted by atomic mass is 10.1. The molecule has 0 aliphatic rings. The fourth-order valence-corrected chi connectivity index (χ4v) is 1.48. The third-order valence-electron chi connectivity index (χ3n) is 1.99. The summed E-state index contributed by atoms with van der Waals surface area (Å²) in [4.78, 5) is 0. The minimum atomic E-state index is -3.87. The van der Waals surface area contributed by atoms with Crippen molar-refractivity contribution in [3.8, 4) is 0 Å². The zero-order valence-electron chi connectivity index (χ0n) is 8.10. The van der Waals surface area contributed by atoms with Crippen molar-refractivity contribution in [2.45, 2.75) is 50.9 Å². The molecule has 0 spiro atoms. The van der Waals surface area contributed by atoms with E-state index < -0.39 is 15.4 Å². The fraction of sp³-hybridized carbons (Fsp3) is 1.00. The average Bonchev–Trinajstić information content (AvgIpc) is 1.95. The molecule has 80 valence electrons. The smallest absolute Gasteiger partial charge is 0.267 e. The van der Waals surface area contributed by atoms with Gasteiger partial charge in [-0.25, -0.2) is 0 Å². The molecule has 0 aromatic rings. The number of aliphatic hydroxyl groups excluding tert-OH is 1. The molecule has 0 amide bonds. The molecule has 0 heterocycles. The first-order valence-electron chi connectivity index (χ1n) is 4.48. The van der Waals surface area contributed by atoms with Crippen LogP contribution in [-0.2, 0) is 10.1 Å². The van der Waals surface area contributed by atoms with E-state index >= 15 is 0 Å². The number of rotatable bonds is 6. The summed E-state index contributed by atoms with van der Waals surface area (Å²) in [6.07, 6.45) is 2.30. The molecule has 0 aromatic heterocycles. The van der Waals surface area contributed by atoms with Crippen LogP contribution in [0.15, 0.2) is 0 Å². The normalized spacial score (nSPS) is 16.9. The molecule has 2 atom stereocenters. The van der Waals surface area contributed by atoms with Crippen LogP contribution in [0.3, 0.4) is 0 Å². The largest absolute Gasteiger partial charge is 0.393 e. The Balaban J connectivity index is 3.55. The predicted octanol–water partition coefficient (Wildman–Crippen LogP) is 1.20. The summed E-state index contributed by atoms with van der Waals surface area (Å²) in [7, 11) is -3.87. The van der Waals surface area contributed by atoms with Gasteiger partial charge in [0.25, 0.3) is 10.1 Å². The molecule has 0 aromatic carbocycles. The van der Waals surface area contributed by atoms with Crippen molar-refractivity contribution in [2.24, 2.45) is 0 Å². The van der Waals surface area contributed by atoms with Gasteiger partial charge in [-0.3, -0.25) is 4.55 Å². The second-order valence-corrected chi connectivity index (χ2v) is 5.29. The van der Waals surface area contributed by atoms with Gasteiger partial charge in [0.2, 0.25) is 0 Å². The van der Waals surface area contributed by atoms with Crippen molar-refractivity contribution in [2.75, 3.05) is 0 Å². The van der Waals surface area contributed by atoms with E-state index in [0.717, 1.165) is 6.42 Å². The molecule has 13 heavy (non-hydrogen) atoms. The molecule has 0 rings (SSSR count). The van der Waals surface area contributed by atoms with Crippen LogP contribution in [-0.4, -0.2) is 29.4 Å². The van der Waals surface area contributed by atoms with E-state index in [4.69, 9.17) is 9.66 Å². The fourth-order valence-electron chi connectivity index (χ4n) is 1.02. The maximum absolute atomic E-state index is 10.6. The van der Waals surface area contributed by atoms with Gasteiger partial charge in [-0.2, -0.15) is 8.42 Å². The van der Waals surface area contributed by atoms with Crippen LogP contribution >= 0.6 is 0 Å². The Labute approximate surface area is 79.7 Å². The topological polar surface area (TPSA) is 74.6 Å². The first-order chi connectivity index (χ1) is 5.84. The number of hydrogen-bond acceptors (Lipinski definition) is 3. The predicted molar refractivity (Wildman–Crippen MR) is 51.2 cm³/mol. The van der Waals surface area contributed by atoms with Crippen LogP contribution in [0, 0.1) is 0 Å². The summed E-state index contributed by atoms with van der Waals surface area (Å²) in [6.45, 7) is 3.18. The third kappa shape index (κ3) is 6.98. The average molecular weight is 210 g/mol. The molecule has 2 N–H and O–H groups in total. The molecular weight excluding hydrogens is 192 g/mol. The Morgan fingerprint density at radius 2 is 1.62 bits per heavy atom. The van der Waals surface area contributed by atoms with Crippen LogP contribution in [0.5, 0.6) is 0 Å². The van der Waals surface area contributed by atoms with Gasteiger partial charge in [-0.15, -0.1) is 0 Å². The summed E-state index contributed by atoms with van der Waals surface area (Å²) < 4.78 is 29.7. The van der Waals surface area contributed by atoms with Crippen molar-refractivity contribution >= 4 is 10.1 Å². The van der Waals surface area contributed by atoms with Gasteiger partial charge >= 0.3 is 0 Å². The lowest BCUT2D eigenvalue weighted by Crippen LogP contribution is -2.16. The second-order valence-electron chi connectivity index (χ2n) is 3.46. The Kier molecular flexibility index (Phi) is 5.51. The van der Waals surface area contributed by atoms with Crippen molar-refractivity contribution in [1.82, 2.24) is 0 Å². The second kappa shape index (κ2) is 5.57. The third-order valence-corrected chi connectivity index (χ3v) is 3.24. The van der Waals surface area contributed by atoms with Crippen molar-refractivity contribution in [3.05, 3.63) is 0 Å². The van der Waals surface area contributed by atoms with Crippen molar-refractivity contribution in [1.29, 1.82) is 0 Å². The Hall–Kier alpha value is -0.130. The standard InChI is InChI=1S/C8H18O4S/c1-7(9)5-3-4-6-8(2)13(10,11)12/h7-9H,3-6H2,1-2H3,(H,10,11,12). The minimum Gasteiger partial charge on any atom is -0.393 e. The summed E-state index contributed by atoms with van der Waals surface area (Å²) in [5.74, 6) is 0. The van der Waals surface area contributed by atoms with E-state index in [9.17, 15) is 8.42 Å². The number of aliphatic hydroxyl groups is 1. The van der Waals surface area contributed by atoms with E-state index in [1.54, 1.807) is 6.92 Å². The van der Waals surface area contributed by atoms with Gasteiger partial charge in [0.15, 0.2) is 0 Å². The highest BCUT2D eigenvalue weighted by molar-refractivity contribution is 7.86. The minimum absolute atomic E-state index is 0.332. The Morgan fingerprint density at radius 3 is 2.00 bits per heavy atom. The van der Waals surface area contributed by atoms with E-state index in [2.05, 4.69) is 0 Å². The van der Waals surface area contributed by atoms with E-state index in [1.165, 1.54) is 6.92 Å². The number of hydrogen-bond donors (Lipinski definition) is 2. The maximum Gasteiger partial charge on any atom is 0.267 e.